The Morgan fingerprint density at radius 3 is 2.54 bits per heavy atom. The number of unbranched alkanes of at least 4 members (excludes halogenated alkanes) is 1. The van der Waals surface area contributed by atoms with Crippen LogP contribution in [0.15, 0.2) is 72.5 Å². The molecule has 0 aliphatic carbocycles. The average molecular weight is 480 g/mol. The van der Waals surface area contributed by atoms with Crippen molar-refractivity contribution in [2.75, 3.05) is 20.2 Å². The third-order valence-electron chi connectivity index (χ3n) is 6.58. The van der Waals surface area contributed by atoms with Gasteiger partial charge in [-0.1, -0.05) is 50.3 Å². The monoisotopic (exact) mass is 479 g/mol. The lowest BCUT2D eigenvalue weighted by atomic mass is 9.83. The second kappa shape index (κ2) is 12.5. The fourth-order valence-electron chi connectivity index (χ4n) is 4.59. The first-order valence-electron chi connectivity index (χ1n) is 12.3. The van der Waals surface area contributed by atoms with Gasteiger partial charge in [0.15, 0.2) is 0 Å². The van der Waals surface area contributed by atoms with E-state index in [2.05, 4.69) is 50.8 Å². The smallest absolute Gasteiger partial charge is 0.253 e. The number of carbonyl (C=O) groups excluding carboxylic acids is 1. The molecule has 1 amide bonds. The highest BCUT2D eigenvalue weighted by atomic mass is 19.1. The van der Waals surface area contributed by atoms with Crippen LogP contribution in [0.1, 0.15) is 49.3 Å². The molecule has 3 rings (SSSR count). The summed E-state index contributed by atoms with van der Waals surface area (Å²) in [6.45, 7) is 9.55. The number of rotatable bonds is 9. The fraction of sp³-hybridized carbons (Fsp3) is 0.367. The summed E-state index contributed by atoms with van der Waals surface area (Å²) >= 11 is 0. The van der Waals surface area contributed by atoms with Gasteiger partial charge in [-0.05, 0) is 78.6 Å². The predicted molar refractivity (Wildman–Crippen MR) is 138 cm³/mol. The van der Waals surface area contributed by atoms with Crippen molar-refractivity contribution < 1.29 is 18.3 Å². The Kier molecular flexibility index (Phi) is 9.41. The molecule has 0 N–H and O–H groups in total. The molecule has 5 heteroatoms. The molecule has 1 aliphatic heterocycles. The Morgan fingerprint density at radius 1 is 1.17 bits per heavy atom. The summed E-state index contributed by atoms with van der Waals surface area (Å²) in [6.07, 6.45) is 7.84. The van der Waals surface area contributed by atoms with Crippen LogP contribution in [-0.4, -0.2) is 31.0 Å². The average Bonchev–Trinajstić information content (AvgIpc) is 2.86. The van der Waals surface area contributed by atoms with Gasteiger partial charge in [0.25, 0.3) is 5.91 Å². The van der Waals surface area contributed by atoms with E-state index in [4.69, 9.17) is 4.74 Å². The van der Waals surface area contributed by atoms with Crippen LogP contribution in [0.3, 0.4) is 0 Å². The molecule has 2 aromatic carbocycles. The second-order valence-corrected chi connectivity index (χ2v) is 9.08. The Labute approximate surface area is 207 Å². The lowest BCUT2D eigenvalue weighted by Gasteiger charge is -2.34. The van der Waals surface area contributed by atoms with Crippen molar-refractivity contribution in [3.8, 4) is 0 Å². The topological polar surface area (TPSA) is 29.5 Å². The zero-order chi connectivity index (χ0) is 25.4. The van der Waals surface area contributed by atoms with Crippen LogP contribution in [0.4, 0.5) is 8.78 Å². The normalized spacial score (nSPS) is 15.3. The number of allylic oxidation sites excluding steroid dienone is 3. The quantitative estimate of drug-likeness (QED) is 0.220. The molecule has 0 atom stereocenters. The number of ether oxygens (including phenoxy) is 1. The summed E-state index contributed by atoms with van der Waals surface area (Å²) < 4.78 is 32.9. The molecule has 0 unspecified atom stereocenters. The molecule has 0 radical (unpaired) electrons. The number of likely N-dealkylation sites (tertiary alicyclic amines) is 1. The Bertz CT molecular complexity index is 1110. The maximum Gasteiger partial charge on any atom is 0.253 e. The van der Waals surface area contributed by atoms with Gasteiger partial charge in [-0.2, -0.15) is 0 Å². The van der Waals surface area contributed by atoms with Crippen molar-refractivity contribution in [2.45, 2.75) is 46.0 Å². The number of amides is 1. The summed E-state index contributed by atoms with van der Waals surface area (Å²) in [5, 5.41) is 0. The number of carbonyl (C=O) groups is 1. The summed E-state index contributed by atoms with van der Waals surface area (Å²) in [4.78, 5) is 14.9. The molecule has 0 spiro atoms. The minimum Gasteiger partial charge on any atom is -0.501 e. The van der Waals surface area contributed by atoms with E-state index in [1.54, 1.807) is 0 Å². The predicted octanol–water partition coefficient (Wildman–Crippen LogP) is 7.02. The molecule has 0 bridgehead atoms. The molecule has 2 aromatic rings. The number of nitrogens with zero attached hydrogens (tertiary/aromatic N) is 1. The maximum absolute atomic E-state index is 14.0. The van der Waals surface area contributed by atoms with Crippen LogP contribution in [-0.2, 0) is 16.0 Å². The first-order chi connectivity index (χ1) is 16.8. The van der Waals surface area contributed by atoms with E-state index in [1.807, 2.05) is 4.90 Å². The van der Waals surface area contributed by atoms with Crippen molar-refractivity contribution in [2.24, 2.45) is 5.92 Å². The second-order valence-electron chi connectivity index (χ2n) is 9.08. The van der Waals surface area contributed by atoms with Crippen molar-refractivity contribution in [1.29, 1.82) is 0 Å². The Balaban J connectivity index is 1.66. The van der Waals surface area contributed by atoms with E-state index in [-0.39, 0.29) is 23.5 Å². The van der Waals surface area contributed by atoms with E-state index >= 15 is 0 Å². The third-order valence-corrected chi connectivity index (χ3v) is 6.58. The van der Waals surface area contributed by atoms with Crippen LogP contribution < -0.4 is 0 Å². The SMILES string of the molecule is C=C(/C=C(/Cc1cc(F)ccc1F)OC)C(=O)N1CCC(/C(=C/CCC)c2ccccc2C)CC1. The van der Waals surface area contributed by atoms with Gasteiger partial charge in [0.05, 0.1) is 7.11 Å². The highest BCUT2D eigenvalue weighted by Crippen LogP contribution is 2.34. The molecule has 0 saturated carbocycles. The largest absolute Gasteiger partial charge is 0.501 e. The lowest BCUT2D eigenvalue weighted by molar-refractivity contribution is -0.127. The highest BCUT2D eigenvalue weighted by Gasteiger charge is 2.27. The van der Waals surface area contributed by atoms with Crippen LogP contribution in [0.5, 0.6) is 0 Å². The van der Waals surface area contributed by atoms with Crippen LogP contribution >= 0.6 is 0 Å². The maximum atomic E-state index is 14.0. The van der Waals surface area contributed by atoms with Gasteiger partial charge in [0.1, 0.15) is 17.4 Å². The van der Waals surface area contributed by atoms with Crippen molar-refractivity contribution in [1.82, 2.24) is 4.90 Å². The first kappa shape index (κ1) is 26.4. The van der Waals surface area contributed by atoms with Gasteiger partial charge in [-0.3, -0.25) is 4.79 Å². The number of halogens is 2. The summed E-state index contributed by atoms with van der Waals surface area (Å²) in [6, 6.07) is 11.8. The number of piperidine rings is 1. The van der Waals surface area contributed by atoms with E-state index in [0.717, 1.165) is 43.9 Å². The number of methoxy groups -OCH3 is 1. The van der Waals surface area contributed by atoms with Crippen molar-refractivity contribution >= 4 is 11.5 Å². The molecule has 35 heavy (non-hydrogen) atoms. The van der Waals surface area contributed by atoms with E-state index in [1.165, 1.54) is 29.9 Å². The minimum atomic E-state index is -0.521. The number of hydrogen-bond acceptors (Lipinski definition) is 2. The van der Waals surface area contributed by atoms with Crippen molar-refractivity contribution in [3.05, 3.63) is 101 Å². The van der Waals surface area contributed by atoms with Gasteiger partial charge in [-0.15, -0.1) is 0 Å². The zero-order valence-corrected chi connectivity index (χ0v) is 20.9. The van der Waals surface area contributed by atoms with Crippen molar-refractivity contribution in [3.63, 3.8) is 0 Å². The molecule has 1 aliphatic rings. The first-order valence-corrected chi connectivity index (χ1v) is 12.3. The molecule has 186 valence electrons. The van der Waals surface area contributed by atoms with Gasteiger partial charge in [0, 0.05) is 25.1 Å². The van der Waals surface area contributed by atoms with Crippen LogP contribution in [0, 0.1) is 24.5 Å². The highest BCUT2D eigenvalue weighted by molar-refractivity contribution is 5.95. The van der Waals surface area contributed by atoms with Gasteiger partial charge >= 0.3 is 0 Å². The van der Waals surface area contributed by atoms with E-state index in [0.29, 0.717) is 24.8 Å². The molecule has 0 aromatic heterocycles. The summed E-state index contributed by atoms with van der Waals surface area (Å²) in [5.74, 6) is -0.442. The summed E-state index contributed by atoms with van der Waals surface area (Å²) in [5.41, 5.74) is 4.40. The molecule has 1 saturated heterocycles. The van der Waals surface area contributed by atoms with E-state index in [9.17, 15) is 13.6 Å². The van der Waals surface area contributed by atoms with Gasteiger partial charge in [0.2, 0.25) is 0 Å². The lowest BCUT2D eigenvalue weighted by Crippen LogP contribution is -2.39. The van der Waals surface area contributed by atoms with Gasteiger partial charge < -0.3 is 9.64 Å². The fourth-order valence-corrected chi connectivity index (χ4v) is 4.59. The van der Waals surface area contributed by atoms with Crippen LogP contribution in [0.25, 0.3) is 5.57 Å². The molecule has 1 fully saturated rings. The van der Waals surface area contributed by atoms with Crippen LogP contribution in [0.2, 0.25) is 0 Å². The molecular weight excluding hydrogens is 444 g/mol. The van der Waals surface area contributed by atoms with Gasteiger partial charge in [-0.25, -0.2) is 8.78 Å². The molecular formula is C30H35F2NO2. The third kappa shape index (κ3) is 6.91. The molecule has 1 heterocycles. The zero-order valence-electron chi connectivity index (χ0n) is 20.9. The Morgan fingerprint density at radius 2 is 1.89 bits per heavy atom. The number of hydrogen-bond donors (Lipinski definition) is 0. The summed E-state index contributed by atoms with van der Waals surface area (Å²) in [7, 11) is 1.45. The standard InChI is InChI=1S/C30H35F2NO2/c1-5-6-10-28(27-11-8-7-9-21(27)2)23-14-16-33(17-15-23)30(34)22(3)18-26(35-4)20-24-19-25(31)12-13-29(24)32/h7-13,18-19,23H,3,5-6,14-17,20H2,1-2,4H3/b26-18-,28-10-. The minimum absolute atomic E-state index is 0.0382. The molecule has 3 nitrogen and oxygen atoms in total. The number of aryl methyl sites for hydroxylation is 1. The number of benzene rings is 2. The van der Waals surface area contributed by atoms with E-state index < -0.39 is 11.6 Å². The Hall–Kier alpha value is -3.21.